The third-order valence-corrected chi connectivity index (χ3v) is 1.98. The van der Waals surface area contributed by atoms with Crippen molar-refractivity contribution in [2.24, 2.45) is 4.40 Å². The standard InChI is InChI=1S/C7H10N2OS/c1-9(2)7(10)6-3-4-8-11-5-6/h4-5H,3H2,1-2H3. The van der Waals surface area contributed by atoms with Gasteiger partial charge in [0.2, 0.25) is 5.91 Å². The average molecular weight is 170 g/mol. The van der Waals surface area contributed by atoms with Gasteiger partial charge in [0.1, 0.15) is 0 Å². The number of hydrogen-bond donors (Lipinski definition) is 0. The SMILES string of the molecule is CN(C)C(=O)C1=CSN=CC1. The molecule has 1 aliphatic rings. The van der Waals surface area contributed by atoms with E-state index in [9.17, 15) is 4.79 Å². The predicted molar refractivity (Wildman–Crippen MR) is 47.5 cm³/mol. The van der Waals surface area contributed by atoms with Gasteiger partial charge < -0.3 is 4.90 Å². The molecule has 0 aromatic carbocycles. The van der Waals surface area contributed by atoms with Crippen LogP contribution in [-0.4, -0.2) is 31.1 Å². The Hall–Kier alpha value is -0.770. The number of carbonyl (C=O) groups is 1. The first kappa shape index (κ1) is 8.33. The van der Waals surface area contributed by atoms with E-state index in [0.29, 0.717) is 6.42 Å². The molecule has 0 bridgehead atoms. The highest BCUT2D eigenvalue weighted by atomic mass is 32.2. The van der Waals surface area contributed by atoms with Crippen LogP contribution in [0.25, 0.3) is 0 Å². The van der Waals surface area contributed by atoms with Crippen molar-refractivity contribution >= 4 is 24.1 Å². The average Bonchev–Trinajstić information content (AvgIpc) is 2.05. The Kier molecular flexibility index (Phi) is 2.70. The summed E-state index contributed by atoms with van der Waals surface area (Å²) in [5.41, 5.74) is 0.815. The summed E-state index contributed by atoms with van der Waals surface area (Å²) in [5.74, 6) is 0.0728. The molecule has 0 aromatic heterocycles. The Bertz CT molecular complexity index is 220. The van der Waals surface area contributed by atoms with Crippen LogP contribution in [0, 0.1) is 0 Å². The van der Waals surface area contributed by atoms with Crippen LogP contribution in [0.5, 0.6) is 0 Å². The molecule has 0 atom stereocenters. The zero-order valence-electron chi connectivity index (χ0n) is 6.57. The Balaban J connectivity index is 2.61. The van der Waals surface area contributed by atoms with Crippen molar-refractivity contribution in [2.75, 3.05) is 14.1 Å². The van der Waals surface area contributed by atoms with Crippen molar-refractivity contribution < 1.29 is 4.79 Å². The minimum Gasteiger partial charge on any atom is -0.345 e. The molecule has 0 aliphatic carbocycles. The van der Waals surface area contributed by atoms with Crippen LogP contribution in [0.1, 0.15) is 6.42 Å². The predicted octanol–water partition coefficient (Wildman–Crippen LogP) is 1.08. The third kappa shape index (κ3) is 2.08. The van der Waals surface area contributed by atoms with Gasteiger partial charge in [-0.25, -0.2) is 4.40 Å². The number of hydrogen-bond acceptors (Lipinski definition) is 3. The summed E-state index contributed by atoms with van der Waals surface area (Å²) >= 11 is 1.31. The maximum atomic E-state index is 11.3. The summed E-state index contributed by atoms with van der Waals surface area (Å²) in [5, 5.41) is 1.79. The summed E-state index contributed by atoms with van der Waals surface area (Å²) in [7, 11) is 3.50. The smallest absolute Gasteiger partial charge is 0.250 e. The highest BCUT2D eigenvalue weighted by molar-refractivity contribution is 8.01. The van der Waals surface area contributed by atoms with Crippen molar-refractivity contribution in [1.29, 1.82) is 0 Å². The van der Waals surface area contributed by atoms with Crippen LogP contribution in [0.15, 0.2) is 15.4 Å². The number of nitrogens with zero attached hydrogens (tertiary/aromatic N) is 2. The van der Waals surface area contributed by atoms with E-state index in [2.05, 4.69) is 4.40 Å². The summed E-state index contributed by atoms with van der Waals surface area (Å²) in [6.07, 6.45) is 2.41. The molecule has 0 saturated heterocycles. The fraction of sp³-hybridized carbons (Fsp3) is 0.429. The van der Waals surface area contributed by atoms with E-state index >= 15 is 0 Å². The topological polar surface area (TPSA) is 32.7 Å². The molecule has 3 nitrogen and oxygen atoms in total. The van der Waals surface area contributed by atoms with Gasteiger partial charge in [-0.05, 0) is 0 Å². The van der Waals surface area contributed by atoms with Crippen LogP contribution in [-0.2, 0) is 4.79 Å². The fourth-order valence-electron chi connectivity index (χ4n) is 0.746. The molecule has 60 valence electrons. The lowest BCUT2D eigenvalue weighted by Crippen LogP contribution is -2.23. The Morgan fingerprint density at radius 2 is 2.45 bits per heavy atom. The van der Waals surface area contributed by atoms with Gasteiger partial charge in [-0.15, -0.1) is 0 Å². The molecule has 0 spiro atoms. The minimum atomic E-state index is 0.0728. The van der Waals surface area contributed by atoms with Crippen LogP contribution in [0.2, 0.25) is 0 Å². The third-order valence-electron chi connectivity index (χ3n) is 1.32. The second-order valence-electron chi connectivity index (χ2n) is 2.44. The highest BCUT2D eigenvalue weighted by Gasteiger charge is 2.11. The monoisotopic (exact) mass is 170 g/mol. The summed E-state index contributed by atoms with van der Waals surface area (Å²) in [4.78, 5) is 12.9. The van der Waals surface area contributed by atoms with E-state index in [1.54, 1.807) is 30.6 Å². The molecule has 1 aliphatic heterocycles. The van der Waals surface area contributed by atoms with E-state index < -0.39 is 0 Å². The quantitative estimate of drug-likeness (QED) is 0.552. The van der Waals surface area contributed by atoms with Gasteiger partial charge in [0.25, 0.3) is 0 Å². The second-order valence-corrected chi connectivity index (χ2v) is 3.10. The Morgan fingerprint density at radius 3 is 2.91 bits per heavy atom. The summed E-state index contributed by atoms with van der Waals surface area (Å²) in [6.45, 7) is 0. The normalized spacial score (nSPS) is 16.0. The van der Waals surface area contributed by atoms with Crippen LogP contribution in [0.4, 0.5) is 0 Å². The molecule has 0 unspecified atom stereocenters. The molecular weight excluding hydrogens is 160 g/mol. The fourth-order valence-corrected chi connectivity index (χ4v) is 1.29. The van der Waals surface area contributed by atoms with Crippen LogP contribution >= 0.6 is 11.9 Å². The van der Waals surface area contributed by atoms with Crippen molar-refractivity contribution in [1.82, 2.24) is 4.90 Å². The van der Waals surface area contributed by atoms with E-state index in [4.69, 9.17) is 0 Å². The van der Waals surface area contributed by atoms with Crippen LogP contribution < -0.4 is 0 Å². The Labute approximate surface area is 70.3 Å². The lowest BCUT2D eigenvalue weighted by atomic mass is 10.2. The van der Waals surface area contributed by atoms with Gasteiger partial charge in [0.15, 0.2) is 0 Å². The molecule has 0 N–H and O–H groups in total. The Morgan fingerprint density at radius 1 is 1.73 bits per heavy atom. The molecule has 0 radical (unpaired) electrons. The molecule has 1 rings (SSSR count). The first-order valence-corrected chi connectivity index (χ1v) is 4.14. The summed E-state index contributed by atoms with van der Waals surface area (Å²) < 4.78 is 3.91. The van der Waals surface area contributed by atoms with E-state index in [-0.39, 0.29) is 5.91 Å². The number of likely N-dealkylation sites (N-methyl/N-ethyl adjacent to an activating group) is 1. The van der Waals surface area contributed by atoms with Crippen molar-refractivity contribution in [2.45, 2.75) is 6.42 Å². The van der Waals surface area contributed by atoms with Gasteiger partial charge in [0.05, 0.1) is 0 Å². The molecule has 1 heterocycles. The van der Waals surface area contributed by atoms with E-state index in [1.807, 2.05) is 0 Å². The maximum Gasteiger partial charge on any atom is 0.250 e. The molecule has 0 aromatic rings. The highest BCUT2D eigenvalue weighted by Crippen LogP contribution is 2.16. The number of amides is 1. The zero-order chi connectivity index (χ0) is 8.27. The van der Waals surface area contributed by atoms with Gasteiger partial charge in [-0.3, -0.25) is 4.79 Å². The van der Waals surface area contributed by atoms with Gasteiger partial charge in [0, 0.05) is 49.7 Å². The van der Waals surface area contributed by atoms with E-state index in [0.717, 1.165) is 5.57 Å². The maximum absolute atomic E-state index is 11.3. The molecule has 11 heavy (non-hydrogen) atoms. The molecule has 4 heteroatoms. The van der Waals surface area contributed by atoms with Gasteiger partial charge in [-0.2, -0.15) is 0 Å². The largest absolute Gasteiger partial charge is 0.345 e. The van der Waals surface area contributed by atoms with Crippen molar-refractivity contribution in [3.8, 4) is 0 Å². The molecule has 0 saturated carbocycles. The minimum absolute atomic E-state index is 0.0728. The molecule has 0 fully saturated rings. The first-order chi connectivity index (χ1) is 5.22. The number of rotatable bonds is 1. The summed E-state index contributed by atoms with van der Waals surface area (Å²) in [6, 6.07) is 0. The van der Waals surface area contributed by atoms with Crippen molar-refractivity contribution in [3.63, 3.8) is 0 Å². The first-order valence-electron chi connectivity index (χ1n) is 3.30. The lowest BCUT2D eigenvalue weighted by Gasteiger charge is -2.12. The lowest BCUT2D eigenvalue weighted by molar-refractivity contribution is -0.124. The van der Waals surface area contributed by atoms with Crippen molar-refractivity contribution in [3.05, 3.63) is 11.0 Å². The molecular formula is C7H10N2OS. The van der Waals surface area contributed by atoms with E-state index in [1.165, 1.54) is 11.9 Å². The molecule has 1 amide bonds. The van der Waals surface area contributed by atoms with Crippen LogP contribution in [0.3, 0.4) is 0 Å². The number of carbonyl (C=O) groups excluding carboxylic acids is 1. The second kappa shape index (κ2) is 3.57. The van der Waals surface area contributed by atoms with Gasteiger partial charge >= 0.3 is 0 Å². The van der Waals surface area contributed by atoms with Gasteiger partial charge in [-0.1, -0.05) is 0 Å². The zero-order valence-corrected chi connectivity index (χ0v) is 7.39.